The van der Waals surface area contributed by atoms with Crippen LogP contribution in [0.3, 0.4) is 0 Å². The monoisotopic (exact) mass is 310 g/mol. The zero-order valence-electron chi connectivity index (χ0n) is 11.5. The molecule has 1 amide bonds. The molecular formula is C14H18N2O4S. The molecule has 0 radical (unpaired) electrons. The lowest BCUT2D eigenvalue weighted by Gasteiger charge is -2.09. The molecule has 7 heteroatoms. The molecule has 1 aromatic rings. The van der Waals surface area contributed by atoms with Gasteiger partial charge in [-0.25, -0.2) is 13.6 Å². The van der Waals surface area contributed by atoms with Crippen molar-refractivity contribution < 1.29 is 18.0 Å². The van der Waals surface area contributed by atoms with E-state index in [2.05, 4.69) is 5.32 Å². The van der Waals surface area contributed by atoms with Gasteiger partial charge in [-0.1, -0.05) is 12.1 Å². The van der Waals surface area contributed by atoms with Gasteiger partial charge in [-0.05, 0) is 30.0 Å². The van der Waals surface area contributed by atoms with Gasteiger partial charge in [-0.2, -0.15) is 0 Å². The summed E-state index contributed by atoms with van der Waals surface area (Å²) in [5.41, 5.74) is 1.51. The number of hydrogen-bond donors (Lipinski definition) is 2. The Morgan fingerprint density at radius 3 is 2.48 bits per heavy atom. The highest BCUT2D eigenvalue weighted by Gasteiger charge is 2.23. The molecule has 3 N–H and O–H groups in total. The smallest absolute Gasteiger partial charge is 0.251 e. The highest BCUT2D eigenvalue weighted by molar-refractivity contribution is 7.89. The van der Waals surface area contributed by atoms with Gasteiger partial charge in [-0.15, -0.1) is 0 Å². The molecule has 6 nitrogen and oxygen atoms in total. The molecule has 1 aliphatic carbocycles. The minimum atomic E-state index is -3.57. The van der Waals surface area contributed by atoms with E-state index in [1.165, 1.54) is 0 Å². The van der Waals surface area contributed by atoms with E-state index in [9.17, 15) is 18.0 Å². The number of ketones is 1. The number of carbonyl (C=O) groups is 2. The van der Waals surface area contributed by atoms with E-state index >= 15 is 0 Å². The summed E-state index contributed by atoms with van der Waals surface area (Å²) in [5.74, 6) is -0.101. The first-order valence-electron chi connectivity index (χ1n) is 6.75. The number of primary sulfonamides is 1. The Morgan fingerprint density at radius 2 is 1.95 bits per heavy atom. The minimum absolute atomic E-state index is 0.0173. The number of sulfonamides is 1. The standard InChI is InChI=1S/C14H18N2O4S/c15-21(19,20)8-7-16-14(18)11-3-1-10(2-4-11)12-5-6-13(17)9-12/h1-4,12H,5-9H2,(H,16,18)(H2,15,19,20)/t12-/m1/s1. The van der Waals surface area contributed by atoms with Crippen LogP contribution in [0.5, 0.6) is 0 Å². The predicted octanol–water partition coefficient (Wildman–Crippen LogP) is 0.542. The average Bonchev–Trinajstić information content (AvgIpc) is 2.84. The Kier molecular flexibility index (Phi) is 4.74. The molecule has 1 aromatic carbocycles. The number of hydrogen-bond acceptors (Lipinski definition) is 4. The van der Waals surface area contributed by atoms with Crippen molar-refractivity contribution in [2.75, 3.05) is 12.3 Å². The van der Waals surface area contributed by atoms with Crippen LogP contribution in [0, 0.1) is 0 Å². The first kappa shape index (κ1) is 15.7. The van der Waals surface area contributed by atoms with Crippen LogP contribution in [0.2, 0.25) is 0 Å². The first-order chi connectivity index (χ1) is 9.85. The van der Waals surface area contributed by atoms with Gasteiger partial charge in [0.15, 0.2) is 0 Å². The van der Waals surface area contributed by atoms with Crippen molar-refractivity contribution in [2.24, 2.45) is 5.14 Å². The Labute approximate surface area is 123 Å². The fraction of sp³-hybridized carbons (Fsp3) is 0.429. The van der Waals surface area contributed by atoms with Gasteiger partial charge < -0.3 is 5.32 Å². The second-order valence-electron chi connectivity index (χ2n) is 5.22. The van der Waals surface area contributed by atoms with Crippen LogP contribution in [-0.2, 0) is 14.8 Å². The highest BCUT2D eigenvalue weighted by atomic mass is 32.2. The van der Waals surface area contributed by atoms with Crippen molar-refractivity contribution in [3.05, 3.63) is 35.4 Å². The van der Waals surface area contributed by atoms with E-state index < -0.39 is 10.0 Å². The van der Waals surface area contributed by atoms with Crippen LogP contribution in [0.1, 0.15) is 41.1 Å². The SMILES string of the molecule is NS(=O)(=O)CCNC(=O)c1ccc([C@@H]2CCC(=O)C2)cc1. The lowest BCUT2D eigenvalue weighted by Crippen LogP contribution is -2.31. The summed E-state index contributed by atoms with van der Waals surface area (Å²) >= 11 is 0. The van der Waals surface area contributed by atoms with Gasteiger partial charge in [0.25, 0.3) is 5.91 Å². The van der Waals surface area contributed by atoms with Gasteiger partial charge in [-0.3, -0.25) is 9.59 Å². The van der Waals surface area contributed by atoms with Gasteiger partial charge in [0.2, 0.25) is 10.0 Å². The molecular weight excluding hydrogens is 292 g/mol. The molecule has 0 heterocycles. The highest BCUT2D eigenvalue weighted by Crippen LogP contribution is 2.31. The zero-order valence-corrected chi connectivity index (χ0v) is 12.4. The van der Waals surface area contributed by atoms with E-state index in [4.69, 9.17) is 5.14 Å². The lowest BCUT2D eigenvalue weighted by atomic mass is 9.96. The maximum absolute atomic E-state index is 11.8. The molecule has 1 fully saturated rings. The maximum atomic E-state index is 11.8. The molecule has 0 aliphatic heterocycles. The van der Waals surface area contributed by atoms with Crippen molar-refractivity contribution >= 4 is 21.7 Å². The second-order valence-corrected chi connectivity index (χ2v) is 6.96. The summed E-state index contributed by atoms with van der Waals surface area (Å²) in [6.45, 7) is -0.0173. The Bertz CT molecular complexity index is 637. The van der Waals surface area contributed by atoms with E-state index in [1.807, 2.05) is 12.1 Å². The third kappa shape index (κ3) is 4.64. The number of carbonyl (C=O) groups excluding carboxylic acids is 2. The molecule has 1 aliphatic rings. The summed E-state index contributed by atoms with van der Waals surface area (Å²) in [6, 6.07) is 7.06. The predicted molar refractivity (Wildman–Crippen MR) is 78.3 cm³/mol. The summed E-state index contributed by atoms with van der Waals surface area (Å²) in [7, 11) is -3.57. The number of Topliss-reactive ketones (excluding diaryl/α,β-unsaturated/α-hetero) is 1. The van der Waals surface area contributed by atoms with Crippen molar-refractivity contribution in [3.8, 4) is 0 Å². The van der Waals surface area contributed by atoms with Crippen LogP contribution >= 0.6 is 0 Å². The molecule has 1 saturated carbocycles. The maximum Gasteiger partial charge on any atom is 0.251 e. The summed E-state index contributed by atoms with van der Waals surface area (Å²) in [5, 5.41) is 7.35. The normalized spacial score (nSPS) is 18.7. The minimum Gasteiger partial charge on any atom is -0.351 e. The third-order valence-electron chi connectivity index (χ3n) is 3.56. The Hall–Kier alpha value is -1.73. The van der Waals surface area contributed by atoms with Crippen LogP contribution in [0.4, 0.5) is 0 Å². The summed E-state index contributed by atoms with van der Waals surface area (Å²) in [6.07, 6.45) is 2.05. The first-order valence-corrected chi connectivity index (χ1v) is 8.47. The van der Waals surface area contributed by atoms with Crippen LogP contribution in [0.15, 0.2) is 24.3 Å². The fourth-order valence-corrected chi connectivity index (χ4v) is 2.80. The number of nitrogens with two attached hydrogens (primary N) is 1. The van der Waals surface area contributed by atoms with Crippen molar-refractivity contribution in [3.63, 3.8) is 0 Å². The topological polar surface area (TPSA) is 106 Å². The molecule has 0 bridgehead atoms. The van der Waals surface area contributed by atoms with E-state index in [0.29, 0.717) is 18.4 Å². The van der Waals surface area contributed by atoms with E-state index in [0.717, 1.165) is 12.0 Å². The van der Waals surface area contributed by atoms with Gasteiger partial charge in [0.05, 0.1) is 5.75 Å². The molecule has 0 spiro atoms. The van der Waals surface area contributed by atoms with Gasteiger partial charge in [0, 0.05) is 24.9 Å². The number of amides is 1. The van der Waals surface area contributed by atoms with Crippen molar-refractivity contribution in [1.29, 1.82) is 0 Å². The van der Waals surface area contributed by atoms with Crippen LogP contribution in [0.25, 0.3) is 0 Å². The van der Waals surface area contributed by atoms with Crippen LogP contribution < -0.4 is 10.5 Å². The van der Waals surface area contributed by atoms with Crippen molar-refractivity contribution in [2.45, 2.75) is 25.2 Å². The molecule has 114 valence electrons. The van der Waals surface area contributed by atoms with E-state index in [-0.39, 0.29) is 29.9 Å². The average molecular weight is 310 g/mol. The number of nitrogens with one attached hydrogen (secondary N) is 1. The quantitative estimate of drug-likeness (QED) is 0.827. The molecule has 0 aromatic heterocycles. The molecule has 0 unspecified atom stereocenters. The fourth-order valence-electron chi connectivity index (χ4n) is 2.41. The zero-order chi connectivity index (χ0) is 15.5. The molecule has 0 saturated heterocycles. The largest absolute Gasteiger partial charge is 0.351 e. The summed E-state index contributed by atoms with van der Waals surface area (Å²) in [4.78, 5) is 23.1. The third-order valence-corrected chi connectivity index (χ3v) is 4.34. The number of benzene rings is 1. The van der Waals surface area contributed by atoms with Gasteiger partial charge >= 0.3 is 0 Å². The summed E-state index contributed by atoms with van der Waals surface area (Å²) < 4.78 is 21.5. The van der Waals surface area contributed by atoms with Crippen molar-refractivity contribution in [1.82, 2.24) is 5.32 Å². The Morgan fingerprint density at radius 1 is 1.29 bits per heavy atom. The number of rotatable bonds is 5. The molecule has 21 heavy (non-hydrogen) atoms. The lowest BCUT2D eigenvalue weighted by molar-refractivity contribution is -0.117. The molecule has 1 atom stereocenters. The Balaban J connectivity index is 1.92. The molecule has 2 rings (SSSR count). The van der Waals surface area contributed by atoms with Crippen LogP contribution in [-0.4, -0.2) is 32.4 Å². The van der Waals surface area contributed by atoms with E-state index in [1.54, 1.807) is 12.1 Å². The van der Waals surface area contributed by atoms with Gasteiger partial charge in [0.1, 0.15) is 5.78 Å². The second kappa shape index (κ2) is 6.36.